The number of nitrogens with zero attached hydrogens (tertiary/aromatic N) is 1. The van der Waals surface area contributed by atoms with Gasteiger partial charge in [-0.3, -0.25) is 4.90 Å². The predicted octanol–water partition coefficient (Wildman–Crippen LogP) is 0.740. The van der Waals surface area contributed by atoms with Crippen LogP contribution in [0.2, 0.25) is 0 Å². The maximum atomic E-state index is 6.01. The molecule has 2 nitrogen and oxygen atoms in total. The first-order chi connectivity index (χ1) is 5.29. The largest absolute Gasteiger partial charge is 0.324 e. The summed E-state index contributed by atoms with van der Waals surface area (Å²) in [5, 5.41) is 0. The Morgan fingerprint density at radius 1 is 1.36 bits per heavy atom. The minimum atomic E-state index is 0.200. The van der Waals surface area contributed by atoms with Crippen molar-refractivity contribution >= 4 is 0 Å². The summed E-state index contributed by atoms with van der Waals surface area (Å²) in [7, 11) is 0. The van der Waals surface area contributed by atoms with Crippen molar-refractivity contribution in [1.82, 2.24) is 4.90 Å². The maximum Gasteiger partial charge on any atom is 0.0284 e. The van der Waals surface area contributed by atoms with Crippen molar-refractivity contribution in [3.05, 3.63) is 12.2 Å². The van der Waals surface area contributed by atoms with E-state index in [1.54, 1.807) is 0 Å². The zero-order valence-corrected chi connectivity index (χ0v) is 6.92. The number of hydrogen-bond acceptors (Lipinski definition) is 2. The van der Waals surface area contributed by atoms with Gasteiger partial charge >= 0.3 is 0 Å². The van der Waals surface area contributed by atoms with Gasteiger partial charge < -0.3 is 5.73 Å². The smallest absolute Gasteiger partial charge is 0.0284 e. The fourth-order valence-electron chi connectivity index (χ4n) is 1.60. The van der Waals surface area contributed by atoms with Crippen LogP contribution < -0.4 is 5.73 Å². The summed E-state index contributed by atoms with van der Waals surface area (Å²) >= 11 is 0. The number of nitrogens with two attached hydrogens (primary N) is 1. The van der Waals surface area contributed by atoms with Crippen molar-refractivity contribution in [3.8, 4) is 0 Å². The molecular weight excluding hydrogens is 136 g/mol. The van der Waals surface area contributed by atoms with E-state index in [0.717, 1.165) is 13.1 Å². The normalized spacial score (nSPS) is 28.8. The van der Waals surface area contributed by atoms with Gasteiger partial charge in [0.2, 0.25) is 0 Å². The molecule has 2 rings (SSSR count). The average Bonchev–Trinajstić information content (AvgIpc) is 2.70. The van der Waals surface area contributed by atoms with Crippen LogP contribution in [0.25, 0.3) is 0 Å². The molecule has 0 radical (unpaired) electrons. The highest BCUT2D eigenvalue weighted by Gasteiger charge is 2.39. The third kappa shape index (κ3) is 1.82. The molecule has 2 heteroatoms. The lowest BCUT2D eigenvalue weighted by atomic mass is 10.2. The zero-order chi connectivity index (χ0) is 7.73. The SMILES string of the molecule is NC1(CN2CC=CCC2)CC1. The lowest BCUT2D eigenvalue weighted by molar-refractivity contribution is 0.272. The maximum absolute atomic E-state index is 6.01. The van der Waals surface area contributed by atoms with Crippen LogP contribution in [0.15, 0.2) is 12.2 Å². The van der Waals surface area contributed by atoms with Crippen molar-refractivity contribution in [2.24, 2.45) is 5.73 Å². The molecule has 1 saturated carbocycles. The van der Waals surface area contributed by atoms with Crippen molar-refractivity contribution in [1.29, 1.82) is 0 Å². The minimum absolute atomic E-state index is 0.200. The van der Waals surface area contributed by atoms with E-state index >= 15 is 0 Å². The standard InChI is InChI=1S/C9H16N2/c10-9(4-5-9)8-11-6-2-1-3-7-11/h1-2H,3-8,10H2. The molecule has 1 fully saturated rings. The Balaban J connectivity index is 1.81. The van der Waals surface area contributed by atoms with E-state index in [-0.39, 0.29) is 5.54 Å². The Morgan fingerprint density at radius 2 is 2.18 bits per heavy atom. The van der Waals surface area contributed by atoms with Crippen LogP contribution in [0.3, 0.4) is 0 Å². The van der Waals surface area contributed by atoms with E-state index < -0.39 is 0 Å². The van der Waals surface area contributed by atoms with E-state index in [0.29, 0.717) is 0 Å². The highest BCUT2D eigenvalue weighted by Crippen LogP contribution is 2.33. The monoisotopic (exact) mass is 152 g/mol. The first-order valence-corrected chi connectivity index (χ1v) is 4.45. The van der Waals surface area contributed by atoms with Crippen LogP contribution in [0.5, 0.6) is 0 Å². The van der Waals surface area contributed by atoms with Crippen LogP contribution in [0, 0.1) is 0 Å². The van der Waals surface area contributed by atoms with E-state index in [1.807, 2.05) is 0 Å². The summed E-state index contributed by atoms with van der Waals surface area (Å²) < 4.78 is 0. The second-order valence-corrected chi connectivity index (χ2v) is 3.86. The predicted molar refractivity (Wildman–Crippen MR) is 46.3 cm³/mol. The molecule has 0 aromatic heterocycles. The zero-order valence-electron chi connectivity index (χ0n) is 6.92. The van der Waals surface area contributed by atoms with E-state index in [1.165, 1.54) is 25.8 Å². The van der Waals surface area contributed by atoms with Gasteiger partial charge in [-0.25, -0.2) is 0 Å². The molecular formula is C9H16N2. The molecule has 1 aliphatic heterocycles. The van der Waals surface area contributed by atoms with E-state index in [4.69, 9.17) is 5.73 Å². The summed E-state index contributed by atoms with van der Waals surface area (Å²) in [5.41, 5.74) is 6.21. The number of rotatable bonds is 2. The van der Waals surface area contributed by atoms with Gasteiger partial charge in [0.15, 0.2) is 0 Å². The highest BCUT2D eigenvalue weighted by molar-refractivity contribution is 5.03. The molecule has 0 amide bonds. The molecule has 0 aromatic rings. The summed E-state index contributed by atoms with van der Waals surface area (Å²) in [6.45, 7) is 3.42. The van der Waals surface area contributed by atoms with Gasteiger partial charge in [-0.05, 0) is 19.3 Å². The van der Waals surface area contributed by atoms with Gasteiger partial charge in [0, 0.05) is 25.2 Å². The lowest BCUT2D eigenvalue weighted by Gasteiger charge is -2.25. The van der Waals surface area contributed by atoms with Gasteiger partial charge in [-0.2, -0.15) is 0 Å². The molecule has 62 valence electrons. The first kappa shape index (κ1) is 7.32. The third-order valence-corrected chi connectivity index (χ3v) is 2.57. The Labute approximate surface area is 68.1 Å². The molecule has 0 bridgehead atoms. The first-order valence-electron chi connectivity index (χ1n) is 4.45. The summed E-state index contributed by atoms with van der Waals surface area (Å²) in [4.78, 5) is 2.45. The van der Waals surface area contributed by atoms with E-state index in [2.05, 4.69) is 17.1 Å². The fourth-order valence-corrected chi connectivity index (χ4v) is 1.60. The summed E-state index contributed by atoms with van der Waals surface area (Å²) in [6.07, 6.45) is 8.17. The Morgan fingerprint density at radius 3 is 2.73 bits per heavy atom. The molecule has 0 unspecified atom stereocenters. The van der Waals surface area contributed by atoms with Crippen LogP contribution >= 0.6 is 0 Å². The summed E-state index contributed by atoms with van der Waals surface area (Å²) in [5.74, 6) is 0. The summed E-state index contributed by atoms with van der Waals surface area (Å²) in [6, 6.07) is 0. The number of hydrogen-bond donors (Lipinski definition) is 1. The minimum Gasteiger partial charge on any atom is -0.324 e. The van der Waals surface area contributed by atoms with Crippen molar-refractivity contribution in [3.63, 3.8) is 0 Å². The average molecular weight is 152 g/mol. The Kier molecular flexibility index (Phi) is 1.74. The van der Waals surface area contributed by atoms with Crippen LogP contribution in [0.1, 0.15) is 19.3 Å². The van der Waals surface area contributed by atoms with Gasteiger partial charge in [0.25, 0.3) is 0 Å². The molecule has 2 aliphatic rings. The van der Waals surface area contributed by atoms with Gasteiger partial charge in [-0.15, -0.1) is 0 Å². The van der Waals surface area contributed by atoms with Crippen molar-refractivity contribution < 1.29 is 0 Å². The molecule has 0 saturated heterocycles. The molecule has 11 heavy (non-hydrogen) atoms. The van der Waals surface area contributed by atoms with Crippen molar-refractivity contribution in [2.45, 2.75) is 24.8 Å². The molecule has 2 N–H and O–H groups in total. The fraction of sp³-hybridized carbons (Fsp3) is 0.778. The quantitative estimate of drug-likeness (QED) is 0.591. The molecule has 1 heterocycles. The second kappa shape index (κ2) is 2.61. The van der Waals surface area contributed by atoms with Crippen molar-refractivity contribution in [2.75, 3.05) is 19.6 Å². The van der Waals surface area contributed by atoms with Gasteiger partial charge in [0.05, 0.1) is 0 Å². The molecule has 0 atom stereocenters. The Bertz CT molecular complexity index is 170. The molecule has 1 aliphatic carbocycles. The topological polar surface area (TPSA) is 29.3 Å². The molecule has 0 spiro atoms. The lowest BCUT2D eigenvalue weighted by Crippen LogP contribution is -2.40. The van der Waals surface area contributed by atoms with Gasteiger partial charge in [0.1, 0.15) is 0 Å². The highest BCUT2D eigenvalue weighted by atomic mass is 15.2. The van der Waals surface area contributed by atoms with Gasteiger partial charge in [-0.1, -0.05) is 12.2 Å². The molecule has 0 aromatic carbocycles. The van der Waals surface area contributed by atoms with E-state index in [9.17, 15) is 0 Å². The second-order valence-electron chi connectivity index (χ2n) is 3.86. The van der Waals surface area contributed by atoms with Crippen LogP contribution in [-0.4, -0.2) is 30.1 Å². The Hall–Kier alpha value is -0.340. The van der Waals surface area contributed by atoms with Crippen LogP contribution in [0.4, 0.5) is 0 Å². The third-order valence-electron chi connectivity index (χ3n) is 2.57. The van der Waals surface area contributed by atoms with Crippen LogP contribution in [-0.2, 0) is 0 Å².